The lowest BCUT2D eigenvalue weighted by molar-refractivity contribution is -0.385. The summed E-state index contributed by atoms with van der Waals surface area (Å²) in [6.45, 7) is 5.38. The molecule has 0 saturated heterocycles. The smallest absolute Gasteiger partial charge is 0.307 e. The summed E-state index contributed by atoms with van der Waals surface area (Å²) in [5.41, 5.74) is -0.248. The first kappa shape index (κ1) is 15.4. The summed E-state index contributed by atoms with van der Waals surface area (Å²) < 4.78 is 0. The number of nitro benzene ring substituents is 1. The second kappa shape index (κ2) is 5.57. The second-order valence-electron chi connectivity index (χ2n) is 5.49. The molecule has 0 bridgehead atoms. The lowest BCUT2D eigenvalue weighted by Gasteiger charge is -2.27. The number of nitrogens with zero attached hydrogens (tertiary/aromatic N) is 1. The molecule has 1 aromatic carbocycles. The zero-order chi connectivity index (χ0) is 14.8. The fraction of sp³-hybridized carbons (Fsp3) is 0.462. The van der Waals surface area contributed by atoms with Gasteiger partial charge >= 0.3 is 5.97 Å². The summed E-state index contributed by atoms with van der Waals surface area (Å²) >= 11 is 5.83. The second-order valence-corrected chi connectivity index (χ2v) is 5.93. The van der Waals surface area contributed by atoms with Crippen LogP contribution in [0.5, 0.6) is 0 Å². The Morgan fingerprint density at radius 1 is 1.47 bits per heavy atom. The third-order valence-electron chi connectivity index (χ3n) is 3.01. The van der Waals surface area contributed by atoms with Crippen molar-refractivity contribution >= 4 is 23.3 Å². The van der Waals surface area contributed by atoms with Crippen LogP contribution in [0.15, 0.2) is 18.2 Å². The van der Waals surface area contributed by atoms with Crippen LogP contribution >= 0.6 is 11.6 Å². The van der Waals surface area contributed by atoms with Crippen molar-refractivity contribution in [2.75, 3.05) is 0 Å². The molecule has 19 heavy (non-hydrogen) atoms. The van der Waals surface area contributed by atoms with Gasteiger partial charge in [-0.15, -0.1) is 0 Å². The molecule has 0 aliphatic carbocycles. The minimum Gasteiger partial charge on any atom is -0.481 e. The van der Waals surface area contributed by atoms with Gasteiger partial charge in [-0.3, -0.25) is 14.9 Å². The first-order valence-corrected chi connectivity index (χ1v) is 6.16. The van der Waals surface area contributed by atoms with Crippen molar-refractivity contribution in [2.24, 2.45) is 11.3 Å². The van der Waals surface area contributed by atoms with Gasteiger partial charge in [0.15, 0.2) is 0 Å². The molecule has 1 unspecified atom stereocenters. The summed E-state index contributed by atoms with van der Waals surface area (Å²) in [7, 11) is 0. The van der Waals surface area contributed by atoms with Gasteiger partial charge in [0, 0.05) is 16.7 Å². The highest BCUT2D eigenvalue weighted by atomic mass is 35.5. The van der Waals surface area contributed by atoms with Gasteiger partial charge < -0.3 is 5.11 Å². The van der Waals surface area contributed by atoms with Gasteiger partial charge in [-0.2, -0.15) is 0 Å². The molecule has 0 aliphatic rings. The van der Waals surface area contributed by atoms with E-state index in [1.165, 1.54) is 18.2 Å². The first-order valence-electron chi connectivity index (χ1n) is 5.78. The van der Waals surface area contributed by atoms with Gasteiger partial charge in [0.05, 0.1) is 10.8 Å². The fourth-order valence-electron chi connectivity index (χ4n) is 1.88. The van der Waals surface area contributed by atoms with Gasteiger partial charge in [-0.25, -0.2) is 0 Å². The van der Waals surface area contributed by atoms with Crippen molar-refractivity contribution in [3.63, 3.8) is 0 Å². The van der Waals surface area contributed by atoms with E-state index in [1.54, 1.807) is 20.8 Å². The maximum atomic E-state index is 11.3. The molecule has 0 heterocycles. The average Bonchev–Trinajstić information content (AvgIpc) is 2.23. The van der Waals surface area contributed by atoms with E-state index in [1.807, 2.05) is 0 Å². The number of carboxylic acids is 1. The van der Waals surface area contributed by atoms with Crippen LogP contribution in [0, 0.1) is 21.4 Å². The number of rotatable bonds is 4. The number of carbonyl (C=O) groups is 1. The van der Waals surface area contributed by atoms with Crippen molar-refractivity contribution in [3.8, 4) is 0 Å². The Kier molecular flexibility index (Phi) is 4.52. The third-order valence-corrected chi connectivity index (χ3v) is 3.24. The van der Waals surface area contributed by atoms with E-state index in [-0.39, 0.29) is 12.1 Å². The molecule has 1 aromatic rings. The lowest BCUT2D eigenvalue weighted by Crippen LogP contribution is -2.30. The standard InChI is InChI=1S/C13H16ClNO4/c1-13(2,3)10(12(16)17)7-8-6-9(14)4-5-11(8)15(18)19/h4-6,10H,7H2,1-3H3,(H,16,17). The van der Waals surface area contributed by atoms with Crippen molar-refractivity contribution in [1.29, 1.82) is 0 Å². The van der Waals surface area contributed by atoms with Crippen LogP contribution in [0.25, 0.3) is 0 Å². The number of benzene rings is 1. The summed E-state index contributed by atoms with van der Waals surface area (Å²) in [5.74, 6) is -1.69. The molecular formula is C13H16ClNO4. The zero-order valence-electron chi connectivity index (χ0n) is 11.0. The van der Waals surface area contributed by atoms with E-state index in [9.17, 15) is 20.0 Å². The van der Waals surface area contributed by atoms with E-state index in [0.29, 0.717) is 10.6 Å². The Bertz CT molecular complexity index is 508. The lowest BCUT2D eigenvalue weighted by atomic mass is 9.77. The van der Waals surface area contributed by atoms with E-state index in [0.717, 1.165) is 0 Å². The van der Waals surface area contributed by atoms with Gasteiger partial charge in [0.2, 0.25) is 0 Å². The van der Waals surface area contributed by atoms with E-state index >= 15 is 0 Å². The van der Waals surface area contributed by atoms with Crippen LogP contribution in [0.3, 0.4) is 0 Å². The maximum absolute atomic E-state index is 11.3. The average molecular weight is 286 g/mol. The number of hydrogen-bond acceptors (Lipinski definition) is 3. The monoisotopic (exact) mass is 285 g/mol. The fourth-order valence-corrected chi connectivity index (χ4v) is 2.07. The van der Waals surface area contributed by atoms with Crippen LogP contribution in [0.4, 0.5) is 5.69 Å². The summed E-state index contributed by atoms with van der Waals surface area (Å²) in [4.78, 5) is 21.7. The molecule has 104 valence electrons. The van der Waals surface area contributed by atoms with Crippen LogP contribution in [-0.4, -0.2) is 16.0 Å². The number of nitro groups is 1. The molecule has 0 aliphatic heterocycles. The molecule has 0 radical (unpaired) electrons. The molecule has 1 N–H and O–H groups in total. The van der Waals surface area contributed by atoms with Gasteiger partial charge in [0.1, 0.15) is 0 Å². The normalized spacial score (nSPS) is 13.1. The first-order chi connectivity index (χ1) is 8.62. The SMILES string of the molecule is CC(C)(C)C(Cc1cc(Cl)ccc1[N+](=O)[O-])C(=O)O. The zero-order valence-corrected chi connectivity index (χ0v) is 11.8. The quantitative estimate of drug-likeness (QED) is 0.678. The molecule has 5 nitrogen and oxygen atoms in total. The topological polar surface area (TPSA) is 80.4 Å². The van der Waals surface area contributed by atoms with E-state index < -0.39 is 22.2 Å². The summed E-state index contributed by atoms with van der Waals surface area (Å²) in [6, 6.07) is 4.19. The Balaban J connectivity index is 3.19. The third kappa shape index (κ3) is 3.92. The highest BCUT2D eigenvalue weighted by Crippen LogP contribution is 2.33. The predicted octanol–water partition coefficient (Wildman–Crippen LogP) is 3.54. The van der Waals surface area contributed by atoms with Crippen LogP contribution < -0.4 is 0 Å². The van der Waals surface area contributed by atoms with Crippen LogP contribution in [0.1, 0.15) is 26.3 Å². The minimum absolute atomic E-state index is 0.0791. The number of aliphatic carboxylic acids is 1. The number of carboxylic acid groups (broad SMARTS) is 1. The summed E-state index contributed by atoms with van der Waals surface area (Å²) in [5, 5.41) is 20.6. The highest BCUT2D eigenvalue weighted by Gasteiger charge is 2.33. The van der Waals surface area contributed by atoms with E-state index in [2.05, 4.69) is 0 Å². The Hall–Kier alpha value is -1.62. The Labute approximate surface area is 116 Å². The summed E-state index contributed by atoms with van der Waals surface area (Å²) in [6.07, 6.45) is 0.0791. The Morgan fingerprint density at radius 2 is 2.05 bits per heavy atom. The highest BCUT2D eigenvalue weighted by molar-refractivity contribution is 6.30. The largest absolute Gasteiger partial charge is 0.481 e. The van der Waals surface area contributed by atoms with Gasteiger partial charge in [-0.05, 0) is 24.0 Å². The minimum atomic E-state index is -0.971. The molecule has 0 amide bonds. The van der Waals surface area contributed by atoms with Gasteiger partial charge in [-0.1, -0.05) is 32.4 Å². The molecule has 0 fully saturated rings. The molecule has 1 rings (SSSR count). The predicted molar refractivity (Wildman–Crippen MR) is 72.4 cm³/mol. The van der Waals surface area contributed by atoms with Crippen LogP contribution in [0.2, 0.25) is 5.02 Å². The molecule has 0 aromatic heterocycles. The van der Waals surface area contributed by atoms with Crippen molar-refractivity contribution < 1.29 is 14.8 Å². The maximum Gasteiger partial charge on any atom is 0.307 e. The van der Waals surface area contributed by atoms with Crippen molar-refractivity contribution in [2.45, 2.75) is 27.2 Å². The molecule has 6 heteroatoms. The number of hydrogen-bond donors (Lipinski definition) is 1. The van der Waals surface area contributed by atoms with Gasteiger partial charge in [0.25, 0.3) is 5.69 Å². The van der Waals surface area contributed by atoms with Crippen LogP contribution in [-0.2, 0) is 11.2 Å². The van der Waals surface area contributed by atoms with Crippen molar-refractivity contribution in [3.05, 3.63) is 38.9 Å². The van der Waals surface area contributed by atoms with Crippen molar-refractivity contribution in [1.82, 2.24) is 0 Å². The molecule has 1 atom stereocenters. The van der Waals surface area contributed by atoms with E-state index in [4.69, 9.17) is 11.6 Å². The molecular weight excluding hydrogens is 270 g/mol. The molecule has 0 saturated carbocycles. The molecule has 0 spiro atoms. The Morgan fingerprint density at radius 3 is 2.47 bits per heavy atom. The number of halogens is 1.